The quantitative estimate of drug-likeness (QED) is 0.108. The highest BCUT2D eigenvalue weighted by Gasteiger charge is 2.45. The van der Waals surface area contributed by atoms with E-state index in [2.05, 4.69) is 42.5 Å². The third-order valence-electron chi connectivity index (χ3n) is 9.99. The highest BCUT2D eigenvalue weighted by molar-refractivity contribution is 8.00. The van der Waals surface area contributed by atoms with Gasteiger partial charge in [0.1, 0.15) is 30.2 Å². The monoisotopic (exact) mass is 929 g/mol. The number of nitrogens with zero attached hydrogens (tertiary/aromatic N) is 1. The molecule has 24 heteroatoms. The van der Waals surface area contributed by atoms with E-state index in [-0.39, 0.29) is 24.5 Å². The zero-order valence-electron chi connectivity index (χ0n) is 35.7. The van der Waals surface area contributed by atoms with Crippen LogP contribution in [0.25, 0.3) is 10.4 Å². The highest BCUT2D eigenvalue weighted by Crippen LogP contribution is 2.31. The Morgan fingerprint density at radius 1 is 0.844 bits per heavy atom. The van der Waals surface area contributed by atoms with Crippen molar-refractivity contribution in [3.8, 4) is 10.4 Å². The smallest absolute Gasteiger partial charge is 0.247 e. The molecule has 0 spiro atoms. The van der Waals surface area contributed by atoms with Crippen LogP contribution in [0.2, 0.25) is 0 Å². The molecule has 2 aromatic rings. The minimum absolute atomic E-state index is 0.176. The zero-order chi connectivity index (χ0) is 47.3. The van der Waals surface area contributed by atoms with Gasteiger partial charge in [0.05, 0.1) is 38.0 Å². The molecule has 22 nitrogen and oxygen atoms in total. The van der Waals surface area contributed by atoms with Gasteiger partial charge in [-0.2, -0.15) is 0 Å². The van der Waals surface area contributed by atoms with E-state index in [1.807, 2.05) is 18.4 Å². The van der Waals surface area contributed by atoms with Crippen molar-refractivity contribution in [3.05, 3.63) is 46.8 Å². The van der Waals surface area contributed by atoms with Crippen LogP contribution in [0.3, 0.4) is 0 Å². The third kappa shape index (κ3) is 14.5. The third-order valence-corrected chi connectivity index (χ3v) is 12.1. The second-order valence-electron chi connectivity index (χ2n) is 16.1. The number of hydrogen-bond acceptors (Lipinski definition) is 14. The number of rotatable bonds is 10. The number of aryl methyl sites for hydroxylation is 1. The van der Waals surface area contributed by atoms with Crippen molar-refractivity contribution in [2.45, 2.75) is 70.4 Å². The molecule has 6 atom stereocenters. The van der Waals surface area contributed by atoms with Gasteiger partial charge >= 0.3 is 0 Å². The number of aliphatic hydroxyl groups excluding tert-OH is 1. The Morgan fingerprint density at radius 3 is 2.11 bits per heavy atom. The van der Waals surface area contributed by atoms with Crippen LogP contribution in [-0.4, -0.2) is 150 Å². The summed E-state index contributed by atoms with van der Waals surface area (Å²) in [6.45, 7) is 3.97. The summed E-state index contributed by atoms with van der Waals surface area (Å²) in [5, 5.41) is 32.2. The Balaban J connectivity index is 1.61. The number of thioether (sulfide) groups is 1. The minimum atomic E-state index is -1.44. The second-order valence-corrected chi connectivity index (χ2v) is 18.1. The number of carbonyl (C=O) groups is 10. The lowest BCUT2D eigenvalue weighted by atomic mass is 9.85. The van der Waals surface area contributed by atoms with Crippen molar-refractivity contribution < 1.29 is 53.1 Å². The molecule has 2 saturated heterocycles. The molecule has 2 aliphatic rings. The molecular weight excluding hydrogens is 875 g/mol. The first kappa shape index (κ1) is 50.5. The van der Waals surface area contributed by atoms with Gasteiger partial charge in [-0.05, 0) is 40.5 Å². The van der Waals surface area contributed by atoms with Crippen LogP contribution in [-0.2, 0) is 47.9 Å². The number of primary amides is 1. The number of carbonyl (C=O) groups excluding carboxylic acids is 10. The Bertz CT molecular complexity index is 2090. The van der Waals surface area contributed by atoms with Gasteiger partial charge in [-0.25, -0.2) is 0 Å². The molecule has 4 rings (SSSR count). The SMILES string of the molecule is Cc1ccsc1-c1ccc([C@H]2NC(=O)[C@@H]3C[C@@H](O)CN3C(=O)[C@H](C(C)(C)C)NC(=O)CSC[C@H](C(=O)NCC(=O)NCC(=O)NCC(N)=O)NC(=O)[C@@H](CN)NC(=O)CNC2=O)cc1. The highest BCUT2D eigenvalue weighted by atomic mass is 32.2. The number of thiophene rings is 1. The first-order valence-electron chi connectivity index (χ1n) is 20.2. The molecule has 0 radical (unpaired) electrons. The van der Waals surface area contributed by atoms with E-state index in [0.29, 0.717) is 5.56 Å². The average molecular weight is 930 g/mol. The number of nitrogens with two attached hydrogens (primary N) is 2. The van der Waals surface area contributed by atoms with Crippen molar-refractivity contribution in [1.82, 2.24) is 47.4 Å². The first-order valence-corrected chi connectivity index (χ1v) is 22.2. The number of amides is 10. The fourth-order valence-corrected chi connectivity index (χ4v) is 8.40. The van der Waals surface area contributed by atoms with Gasteiger partial charge in [-0.15, -0.1) is 23.1 Å². The zero-order valence-corrected chi connectivity index (χ0v) is 37.4. The van der Waals surface area contributed by atoms with Gasteiger partial charge in [0.15, 0.2) is 0 Å². The van der Waals surface area contributed by atoms with Crippen LogP contribution in [0.15, 0.2) is 35.7 Å². The normalized spacial score (nSPS) is 23.2. The van der Waals surface area contributed by atoms with E-state index in [4.69, 9.17) is 11.5 Å². The summed E-state index contributed by atoms with van der Waals surface area (Å²) < 4.78 is 0. The summed E-state index contributed by atoms with van der Waals surface area (Å²) in [5.74, 6) is -8.60. The van der Waals surface area contributed by atoms with Crippen LogP contribution >= 0.6 is 23.1 Å². The van der Waals surface area contributed by atoms with Crippen molar-refractivity contribution in [2.75, 3.05) is 50.8 Å². The lowest BCUT2D eigenvalue weighted by molar-refractivity contribution is -0.144. The average Bonchev–Trinajstić information content (AvgIpc) is 3.86. The van der Waals surface area contributed by atoms with Gasteiger partial charge < -0.3 is 64.0 Å². The summed E-state index contributed by atoms with van der Waals surface area (Å²) in [5.41, 5.74) is 12.1. The van der Waals surface area contributed by atoms with E-state index in [9.17, 15) is 53.1 Å². The first-order chi connectivity index (χ1) is 30.2. The Labute approximate surface area is 376 Å². The number of hydrogen-bond donors (Lipinski definition) is 11. The number of benzene rings is 1. The molecule has 64 heavy (non-hydrogen) atoms. The molecule has 1 aromatic heterocycles. The maximum atomic E-state index is 14.3. The summed E-state index contributed by atoms with van der Waals surface area (Å²) in [6, 6.07) is 2.01. The maximum absolute atomic E-state index is 14.3. The van der Waals surface area contributed by atoms with E-state index in [1.54, 1.807) is 45.0 Å². The molecule has 0 saturated carbocycles. The van der Waals surface area contributed by atoms with Crippen LogP contribution < -0.4 is 54.0 Å². The van der Waals surface area contributed by atoms with Crippen molar-refractivity contribution >= 4 is 82.2 Å². The lowest BCUT2D eigenvalue weighted by Gasteiger charge is -2.35. The van der Waals surface area contributed by atoms with Crippen molar-refractivity contribution in [2.24, 2.45) is 16.9 Å². The van der Waals surface area contributed by atoms with Crippen molar-refractivity contribution in [3.63, 3.8) is 0 Å². The number of fused-ring (bicyclic) bond motifs is 1. The topological polar surface area (TPSA) is 342 Å². The fourth-order valence-electron chi connectivity index (χ4n) is 6.61. The van der Waals surface area contributed by atoms with Gasteiger partial charge in [0, 0.05) is 30.1 Å². The van der Waals surface area contributed by atoms with E-state index in [0.717, 1.165) is 32.7 Å². The Kier molecular flexibility index (Phi) is 18.2. The molecule has 3 heterocycles. The van der Waals surface area contributed by atoms with Crippen LogP contribution in [0.4, 0.5) is 0 Å². The number of aliphatic hydroxyl groups is 1. The number of nitrogens with one attached hydrogen (secondary N) is 8. The van der Waals surface area contributed by atoms with Gasteiger partial charge in [-0.1, -0.05) is 45.0 Å². The molecule has 0 bridgehead atoms. The molecule has 2 aliphatic heterocycles. The molecule has 348 valence electrons. The molecule has 1 aromatic carbocycles. The molecule has 2 fully saturated rings. The van der Waals surface area contributed by atoms with E-state index >= 15 is 0 Å². The lowest BCUT2D eigenvalue weighted by Crippen LogP contribution is -2.58. The summed E-state index contributed by atoms with van der Waals surface area (Å²) in [7, 11) is 0. The van der Waals surface area contributed by atoms with Gasteiger partial charge in [-0.3, -0.25) is 47.9 Å². The summed E-state index contributed by atoms with van der Waals surface area (Å²) in [6.07, 6.45) is -1.29. The molecule has 0 unspecified atom stereocenters. The van der Waals surface area contributed by atoms with Crippen molar-refractivity contribution in [1.29, 1.82) is 0 Å². The largest absolute Gasteiger partial charge is 0.391 e. The van der Waals surface area contributed by atoms with E-state index < -0.39 is 134 Å². The Hall–Kier alpha value is -6.11. The molecule has 0 aliphatic carbocycles. The fraction of sp³-hybridized carbons (Fsp3) is 0.500. The molecular formula is C40H55N11O11S2. The summed E-state index contributed by atoms with van der Waals surface area (Å²) >= 11 is 2.40. The summed E-state index contributed by atoms with van der Waals surface area (Å²) in [4.78, 5) is 133. The second kappa shape index (κ2) is 23.0. The molecule has 13 N–H and O–H groups in total. The molecule has 10 amide bonds. The Morgan fingerprint density at radius 2 is 1.50 bits per heavy atom. The predicted octanol–water partition coefficient (Wildman–Crippen LogP) is -4.00. The maximum Gasteiger partial charge on any atom is 0.247 e. The predicted molar refractivity (Wildman–Crippen MR) is 234 cm³/mol. The van der Waals surface area contributed by atoms with Crippen LogP contribution in [0, 0.1) is 12.3 Å². The van der Waals surface area contributed by atoms with Gasteiger partial charge in [0.2, 0.25) is 59.1 Å². The van der Waals surface area contributed by atoms with E-state index in [1.165, 1.54) is 11.3 Å². The van der Waals surface area contributed by atoms with Crippen LogP contribution in [0.5, 0.6) is 0 Å². The van der Waals surface area contributed by atoms with Gasteiger partial charge in [0.25, 0.3) is 0 Å². The minimum Gasteiger partial charge on any atom is -0.391 e. The standard InChI is InChI=1S/C40H55N11O11S2/c1-20-9-10-64-33(20)22-7-5-21(6-8-22)32-38(61)46-16-30(56)47-24(12-41)36(59)48-25(35(58)45-15-29(55)44-14-28(54)43-13-27(42)53)18-63-19-31(57)49-34(40(2,3)4)39(62)51-17-23(52)11-26(51)37(60)50-32/h5-10,23-26,32,34,52H,11-19,41H2,1-4H3,(H2,42,53)(H,43,54)(H,44,55)(H,45,58)(H,46,61)(H,47,56)(H,48,59)(H,49,57)(H,50,60)/t23-,24-,25-,26+,32-,34-/m1/s1. The van der Waals surface area contributed by atoms with Crippen LogP contribution in [0.1, 0.15) is 44.4 Å².